The van der Waals surface area contributed by atoms with Crippen LogP contribution >= 0.6 is 11.6 Å². The Kier molecular flexibility index (Phi) is 8.61. The van der Waals surface area contributed by atoms with E-state index < -0.39 is 6.09 Å². The summed E-state index contributed by atoms with van der Waals surface area (Å²) in [6.07, 6.45) is 0.289. The number of nitrogens with one attached hydrogen (secondary N) is 2. The molecule has 0 aliphatic rings. The summed E-state index contributed by atoms with van der Waals surface area (Å²) in [6.45, 7) is 5.09. The normalized spacial score (nSPS) is 10.2. The van der Waals surface area contributed by atoms with Crippen LogP contribution in [0, 0.1) is 0 Å². The van der Waals surface area contributed by atoms with Gasteiger partial charge in [0.1, 0.15) is 0 Å². The van der Waals surface area contributed by atoms with Crippen LogP contribution in [0.5, 0.6) is 11.5 Å². The van der Waals surface area contributed by atoms with E-state index in [0.29, 0.717) is 47.5 Å². The number of rotatable bonds is 9. The zero-order valence-corrected chi connectivity index (χ0v) is 17.5. The third-order valence-corrected chi connectivity index (χ3v) is 4.14. The molecule has 0 fully saturated rings. The van der Waals surface area contributed by atoms with E-state index >= 15 is 0 Å². The lowest BCUT2D eigenvalue weighted by Crippen LogP contribution is -2.23. The minimum absolute atomic E-state index is 0.286. The molecule has 29 heavy (non-hydrogen) atoms. The van der Waals surface area contributed by atoms with E-state index in [4.69, 9.17) is 21.1 Å². The summed E-state index contributed by atoms with van der Waals surface area (Å²) in [5, 5.41) is 5.73. The standard InChI is InChI=1S/C21H25ClN2O5/c1-4-10-29-19-17(22)11-15(12-18(19)28-5-2)20(25)23-13-14-6-8-16(9-7-14)24-21(26)27-3/h6-9,11-12H,4-5,10,13H2,1-3H3,(H,23,25)(H,24,26). The van der Waals surface area contributed by atoms with Crippen LogP contribution in [-0.4, -0.2) is 32.3 Å². The third kappa shape index (κ3) is 6.57. The molecule has 0 unspecified atom stereocenters. The number of benzene rings is 2. The maximum Gasteiger partial charge on any atom is 0.411 e. The number of hydrogen-bond donors (Lipinski definition) is 2. The van der Waals surface area contributed by atoms with E-state index in [-0.39, 0.29) is 5.91 Å². The van der Waals surface area contributed by atoms with Crippen LogP contribution in [0.15, 0.2) is 36.4 Å². The van der Waals surface area contributed by atoms with Crippen molar-refractivity contribution in [1.29, 1.82) is 0 Å². The fraction of sp³-hybridized carbons (Fsp3) is 0.333. The van der Waals surface area contributed by atoms with E-state index in [9.17, 15) is 9.59 Å². The Labute approximate surface area is 175 Å². The van der Waals surface area contributed by atoms with Crippen molar-refractivity contribution in [1.82, 2.24) is 5.32 Å². The average Bonchev–Trinajstić information content (AvgIpc) is 2.72. The van der Waals surface area contributed by atoms with E-state index in [0.717, 1.165) is 12.0 Å². The molecule has 2 N–H and O–H groups in total. The minimum Gasteiger partial charge on any atom is -0.490 e. The molecule has 2 amide bonds. The van der Waals surface area contributed by atoms with Crippen molar-refractivity contribution in [3.05, 3.63) is 52.5 Å². The van der Waals surface area contributed by atoms with Gasteiger partial charge in [-0.15, -0.1) is 0 Å². The van der Waals surface area contributed by atoms with Crippen LogP contribution in [0.25, 0.3) is 0 Å². The van der Waals surface area contributed by atoms with Crippen molar-refractivity contribution in [2.75, 3.05) is 25.6 Å². The number of hydrogen-bond acceptors (Lipinski definition) is 5. The molecule has 0 aromatic heterocycles. The van der Waals surface area contributed by atoms with Gasteiger partial charge in [-0.1, -0.05) is 30.7 Å². The number of anilines is 1. The molecular weight excluding hydrogens is 396 g/mol. The quantitative estimate of drug-likeness (QED) is 0.617. The number of methoxy groups -OCH3 is 1. The van der Waals surface area contributed by atoms with E-state index in [1.54, 1.807) is 36.4 Å². The van der Waals surface area contributed by atoms with Gasteiger partial charge in [0.25, 0.3) is 5.91 Å². The molecule has 0 saturated heterocycles. The maximum absolute atomic E-state index is 12.6. The van der Waals surface area contributed by atoms with Gasteiger partial charge in [-0.3, -0.25) is 10.1 Å². The topological polar surface area (TPSA) is 85.9 Å². The largest absolute Gasteiger partial charge is 0.490 e. The maximum atomic E-state index is 12.6. The molecule has 0 atom stereocenters. The van der Waals surface area contributed by atoms with Crippen molar-refractivity contribution in [3.8, 4) is 11.5 Å². The molecule has 8 heteroatoms. The Morgan fingerprint density at radius 3 is 2.41 bits per heavy atom. The minimum atomic E-state index is -0.542. The van der Waals surface area contributed by atoms with Crippen molar-refractivity contribution in [2.45, 2.75) is 26.8 Å². The van der Waals surface area contributed by atoms with Gasteiger partial charge in [0.15, 0.2) is 11.5 Å². The predicted octanol–water partition coefficient (Wildman–Crippen LogP) is 4.64. The number of halogens is 1. The van der Waals surface area contributed by atoms with Crippen LogP contribution in [0.2, 0.25) is 5.02 Å². The van der Waals surface area contributed by atoms with Crippen molar-refractivity contribution in [2.24, 2.45) is 0 Å². The lowest BCUT2D eigenvalue weighted by molar-refractivity contribution is 0.0950. The summed E-state index contributed by atoms with van der Waals surface area (Å²) < 4.78 is 15.8. The van der Waals surface area contributed by atoms with E-state index in [1.807, 2.05) is 13.8 Å². The first-order valence-electron chi connectivity index (χ1n) is 9.29. The highest BCUT2D eigenvalue weighted by atomic mass is 35.5. The summed E-state index contributed by atoms with van der Waals surface area (Å²) in [5.41, 5.74) is 1.85. The fourth-order valence-electron chi connectivity index (χ4n) is 2.47. The second-order valence-electron chi connectivity index (χ2n) is 6.06. The lowest BCUT2D eigenvalue weighted by atomic mass is 10.1. The highest BCUT2D eigenvalue weighted by molar-refractivity contribution is 6.32. The van der Waals surface area contributed by atoms with Gasteiger partial charge in [-0.25, -0.2) is 4.79 Å². The molecular formula is C21H25ClN2O5. The number of amides is 2. The van der Waals surface area contributed by atoms with Gasteiger partial charge >= 0.3 is 6.09 Å². The lowest BCUT2D eigenvalue weighted by Gasteiger charge is -2.15. The predicted molar refractivity (Wildman–Crippen MR) is 112 cm³/mol. The van der Waals surface area contributed by atoms with Crippen LogP contribution in [0.1, 0.15) is 36.2 Å². The average molecular weight is 421 g/mol. The zero-order valence-electron chi connectivity index (χ0n) is 16.7. The van der Waals surface area contributed by atoms with Crippen molar-refractivity contribution in [3.63, 3.8) is 0 Å². The number of carbonyl (C=O) groups is 2. The van der Waals surface area contributed by atoms with Crippen molar-refractivity contribution >= 4 is 29.3 Å². The van der Waals surface area contributed by atoms with Gasteiger partial charge in [0.05, 0.1) is 25.3 Å². The van der Waals surface area contributed by atoms with E-state index in [1.165, 1.54) is 7.11 Å². The Balaban J connectivity index is 2.05. The fourth-order valence-corrected chi connectivity index (χ4v) is 2.73. The summed E-state index contributed by atoms with van der Waals surface area (Å²) in [4.78, 5) is 23.8. The molecule has 0 heterocycles. The van der Waals surface area contributed by atoms with Crippen LogP contribution in [0.3, 0.4) is 0 Å². The van der Waals surface area contributed by atoms with Gasteiger partial charge in [-0.05, 0) is 43.2 Å². The molecule has 0 bridgehead atoms. The Hall–Kier alpha value is -2.93. The number of carbonyl (C=O) groups excluding carboxylic acids is 2. The number of ether oxygens (including phenoxy) is 3. The molecule has 0 aliphatic heterocycles. The summed E-state index contributed by atoms with van der Waals surface area (Å²) in [5.74, 6) is 0.601. The summed E-state index contributed by atoms with van der Waals surface area (Å²) in [6, 6.07) is 10.2. The second kappa shape index (κ2) is 11.2. The Morgan fingerprint density at radius 1 is 1.07 bits per heavy atom. The Bertz CT molecular complexity index is 840. The molecule has 2 aromatic rings. The molecule has 2 rings (SSSR count). The summed E-state index contributed by atoms with van der Waals surface area (Å²) >= 11 is 6.31. The van der Waals surface area contributed by atoms with Gasteiger partial charge in [-0.2, -0.15) is 0 Å². The SMILES string of the molecule is CCCOc1c(Cl)cc(C(=O)NCc2ccc(NC(=O)OC)cc2)cc1OCC. The van der Waals surface area contributed by atoms with Crippen LogP contribution in [-0.2, 0) is 11.3 Å². The van der Waals surface area contributed by atoms with E-state index in [2.05, 4.69) is 15.4 Å². The highest BCUT2D eigenvalue weighted by Gasteiger charge is 2.16. The zero-order chi connectivity index (χ0) is 21.2. The molecule has 0 spiro atoms. The first-order chi connectivity index (χ1) is 14.0. The molecule has 0 saturated carbocycles. The monoisotopic (exact) mass is 420 g/mol. The molecule has 156 valence electrons. The highest BCUT2D eigenvalue weighted by Crippen LogP contribution is 2.36. The Morgan fingerprint density at radius 2 is 1.79 bits per heavy atom. The third-order valence-electron chi connectivity index (χ3n) is 3.86. The molecule has 0 radical (unpaired) electrons. The van der Waals surface area contributed by atoms with Gasteiger partial charge in [0.2, 0.25) is 0 Å². The molecule has 7 nitrogen and oxygen atoms in total. The first-order valence-corrected chi connectivity index (χ1v) is 9.67. The first kappa shape index (κ1) is 22.4. The smallest absolute Gasteiger partial charge is 0.411 e. The summed E-state index contributed by atoms with van der Waals surface area (Å²) in [7, 11) is 1.30. The van der Waals surface area contributed by atoms with Crippen LogP contribution < -0.4 is 20.1 Å². The molecule has 0 aliphatic carbocycles. The second-order valence-corrected chi connectivity index (χ2v) is 6.47. The van der Waals surface area contributed by atoms with Gasteiger partial charge < -0.3 is 19.5 Å². The molecule has 2 aromatic carbocycles. The van der Waals surface area contributed by atoms with Crippen LogP contribution in [0.4, 0.5) is 10.5 Å². The van der Waals surface area contributed by atoms with Gasteiger partial charge in [0, 0.05) is 17.8 Å². The van der Waals surface area contributed by atoms with Crippen molar-refractivity contribution < 1.29 is 23.8 Å².